The zero-order chi connectivity index (χ0) is 16.3. The van der Waals surface area contributed by atoms with Gasteiger partial charge in [-0.05, 0) is 13.8 Å². The second-order valence-electron chi connectivity index (χ2n) is 6.10. The quantitative estimate of drug-likeness (QED) is 0.674. The van der Waals surface area contributed by atoms with Crippen molar-refractivity contribution in [3.05, 3.63) is 60.7 Å². The fraction of sp³-hybridized carbons (Fsp3) is 0.211. The van der Waals surface area contributed by atoms with Gasteiger partial charge in [0.25, 0.3) is 0 Å². The van der Waals surface area contributed by atoms with Crippen molar-refractivity contribution < 1.29 is 5.11 Å². The molecule has 0 saturated carbocycles. The van der Waals surface area contributed by atoms with Gasteiger partial charge in [-0.1, -0.05) is 72.4 Å². The van der Waals surface area contributed by atoms with Gasteiger partial charge in [-0.15, -0.1) is 0 Å². The van der Waals surface area contributed by atoms with Gasteiger partial charge in [0.15, 0.2) is 5.16 Å². The average Bonchev–Trinajstić information content (AvgIpc) is 2.98. The molecule has 3 nitrogen and oxygen atoms in total. The van der Waals surface area contributed by atoms with Gasteiger partial charge in [0.1, 0.15) is 0 Å². The lowest BCUT2D eigenvalue weighted by Gasteiger charge is -2.14. The minimum atomic E-state index is -0.725. The van der Waals surface area contributed by atoms with Gasteiger partial charge in [0.05, 0.1) is 17.0 Å². The van der Waals surface area contributed by atoms with Crippen molar-refractivity contribution in [1.29, 1.82) is 0 Å². The van der Waals surface area contributed by atoms with E-state index in [4.69, 9.17) is 4.98 Å². The van der Waals surface area contributed by atoms with E-state index in [1.54, 1.807) is 13.8 Å². The lowest BCUT2D eigenvalue weighted by Crippen LogP contribution is -2.21. The third-order valence-electron chi connectivity index (χ3n) is 3.35. The molecule has 2 N–H and O–H groups in total. The van der Waals surface area contributed by atoms with Crippen LogP contribution in [0.25, 0.3) is 22.5 Å². The Balaban J connectivity index is 2.01. The number of aliphatic hydroxyl groups is 1. The zero-order valence-electron chi connectivity index (χ0n) is 13.3. The highest BCUT2D eigenvalue weighted by molar-refractivity contribution is 7.99. The largest absolute Gasteiger partial charge is 0.390 e. The smallest absolute Gasteiger partial charge is 0.166 e. The number of rotatable bonds is 5. The van der Waals surface area contributed by atoms with E-state index in [0.717, 1.165) is 27.7 Å². The molecule has 0 saturated heterocycles. The molecule has 0 radical (unpaired) electrons. The Morgan fingerprint density at radius 1 is 0.957 bits per heavy atom. The molecule has 3 aromatic rings. The van der Waals surface area contributed by atoms with Crippen molar-refractivity contribution in [1.82, 2.24) is 9.97 Å². The number of nitrogens with one attached hydrogen (secondary N) is 1. The van der Waals surface area contributed by atoms with Crippen LogP contribution in [0.5, 0.6) is 0 Å². The minimum Gasteiger partial charge on any atom is -0.390 e. The first kappa shape index (κ1) is 15.8. The summed E-state index contributed by atoms with van der Waals surface area (Å²) in [5.74, 6) is 0.586. The molecule has 0 fully saturated rings. The van der Waals surface area contributed by atoms with Crippen LogP contribution in [0.4, 0.5) is 0 Å². The molecular formula is C19H20N2OS. The molecule has 0 unspecified atom stereocenters. The van der Waals surface area contributed by atoms with Crippen LogP contribution in [0, 0.1) is 0 Å². The predicted octanol–water partition coefficient (Wildman–Crippen LogP) is 4.61. The summed E-state index contributed by atoms with van der Waals surface area (Å²) in [6.07, 6.45) is 0. The number of aromatic nitrogens is 2. The van der Waals surface area contributed by atoms with Crippen LogP contribution >= 0.6 is 11.8 Å². The summed E-state index contributed by atoms with van der Waals surface area (Å²) in [4.78, 5) is 8.17. The summed E-state index contributed by atoms with van der Waals surface area (Å²) < 4.78 is 0. The molecule has 118 valence electrons. The molecule has 1 aromatic heterocycles. The van der Waals surface area contributed by atoms with Gasteiger partial charge >= 0.3 is 0 Å². The second-order valence-corrected chi connectivity index (χ2v) is 7.06. The zero-order valence-corrected chi connectivity index (χ0v) is 14.1. The molecule has 4 heteroatoms. The van der Waals surface area contributed by atoms with E-state index in [0.29, 0.717) is 5.75 Å². The van der Waals surface area contributed by atoms with E-state index in [1.165, 1.54) is 11.8 Å². The average molecular weight is 324 g/mol. The molecule has 1 heterocycles. The van der Waals surface area contributed by atoms with Crippen molar-refractivity contribution >= 4 is 11.8 Å². The predicted molar refractivity (Wildman–Crippen MR) is 96.5 cm³/mol. The van der Waals surface area contributed by atoms with Crippen LogP contribution in [0.3, 0.4) is 0 Å². The lowest BCUT2D eigenvalue weighted by atomic mass is 10.1. The molecule has 0 aliphatic rings. The Kier molecular flexibility index (Phi) is 4.55. The maximum Gasteiger partial charge on any atom is 0.166 e. The summed E-state index contributed by atoms with van der Waals surface area (Å²) in [6.45, 7) is 3.61. The third-order valence-corrected chi connectivity index (χ3v) is 4.67. The molecule has 3 rings (SSSR count). The van der Waals surface area contributed by atoms with Crippen LogP contribution < -0.4 is 0 Å². The fourth-order valence-electron chi connectivity index (χ4n) is 2.28. The molecule has 23 heavy (non-hydrogen) atoms. The monoisotopic (exact) mass is 324 g/mol. The van der Waals surface area contributed by atoms with Crippen molar-refractivity contribution in [2.24, 2.45) is 0 Å². The van der Waals surface area contributed by atoms with Gasteiger partial charge in [-0.3, -0.25) is 0 Å². The fourth-order valence-corrected chi connectivity index (χ4v) is 3.10. The van der Waals surface area contributed by atoms with Gasteiger partial charge in [0, 0.05) is 16.9 Å². The van der Waals surface area contributed by atoms with Crippen LogP contribution in [-0.2, 0) is 0 Å². The third kappa shape index (κ3) is 4.03. The summed E-state index contributed by atoms with van der Waals surface area (Å²) in [5.41, 5.74) is 3.41. The van der Waals surface area contributed by atoms with Crippen molar-refractivity contribution in [2.45, 2.75) is 24.6 Å². The second kappa shape index (κ2) is 6.60. The number of thioether (sulfide) groups is 1. The van der Waals surface area contributed by atoms with Crippen molar-refractivity contribution in [3.8, 4) is 22.5 Å². The number of imidazole rings is 1. The van der Waals surface area contributed by atoms with Crippen LogP contribution in [-0.4, -0.2) is 26.4 Å². The Bertz CT molecular complexity index is 704. The van der Waals surface area contributed by atoms with Gasteiger partial charge in [0.2, 0.25) is 0 Å². The summed E-state index contributed by atoms with van der Waals surface area (Å²) in [7, 11) is 0. The van der Waals surface area contributed by atoms with Crippen molar-refractivity contribution in [3.63, 3.8) is 0 Å². The van der Waals surface area contributed by atoms with Crippen molar-refractivity contribution in [2.75, 3.05) is 5.75 Å². The number of H-pyrrole nitrogens is 1. The minimum absolute atomic E-state index is 0.586. The van der Waals surface area contributed by atoms with Gasteiger partial charge in [-0.25, -0.2) is 4.98 Å². The highest BCUT2D eigenvalue weighted by Crippen LogP contribution is 2.33. The first-order valence-corrected chi connectivity index (χ1v) is 8.57. The SMILES string of the molecule is CC(C)(O)CSc1nc(-c2ccccc2)c(-c2ccccc2)[nH]1. The van der Waals surface area contributed by atoms with E-state index in [2.05, 4.69) is 29.2 Å². The van der Waals surface area contributed by atoms with Gasteiger partial charge < -0.3 is 10.1 Å². The molecule has 0 amide bonds. The molecular weight excluding hydrogens is 304 g/mol. The van der Waals surface area contributed by atoms with E-state index in [9.17, 15) is 5.11 Å². The van der Waals surface area contributed by atoms with E-state index >= 15 is 0 Å². The van der Waals surface area contributed by atoms with E-state index in [-0.39, 0.29) is 0 Å². The Morgan fingerprint density at radius 3 is 2.09 bits per heavy atom. The Morgan fingerprint density at radius 2 is 1.52 bits per heavy atom. The first-order valence-electron chi connectivity index (χ1n) is 7.59. The standard InChI is InChI=1S/C19H20N2OS/c1-19(2,22)13-23-18-20-16(14-9-5-3-6-10-14)17(21-18)15-11-7-4-8-12-15/h3-12,22H,13H2,1-2H3,(H,20,21). The normalized spacial score (nSPS) is 11.6. The number of hydrogen-bond acceptors (Lipinski definition) is 3. The highest BCUT2D eigenvalue weighted by Gasteiger charge is 2.17. The number of benzene rings is 2. The van der Waals surface area contributed by atoms with E-state index < -0.39 is 5.60 Å². The number of hydrogen-bond donors (Lipinski definition) is 2. The molecule has 2 aromatic carbocycles. The highest BCUT2D eigenvalue weighted by atomic mass is 32.2. The summed E-state index contributed by atoms with van der Waals surface area (Å²) >= 11 is 1.54. The summed E-state index contributed by atoms with van der Waals surface area (Å²) in [5, 5.41) is 10.8. The maximum absolute atomic E-state index is 9.93. The van der Waals surface area contributed by atoms with Crippen LogP contribution in [0.15, 0.2) is 65.8 Å². The number of aromatic amines is 1. The van der Waals surface area contributed by atoms with E-state index in [1.807, 2.05) is 36.4 Å². The molecule has 0 aliphatic heterocycles. The number of nitrogens with zero attached hydrogens (tertiary/aromatic N) is 1. The molecule has 0 spiro atoms. The molecule has 0 atom stereocenters. The van der Waals surface area contributed by atoms with Gasteiger partial charge in [-0.2, -0.15) is 0 Å². The molecule has 0 aliphatic carbocycles. The van der Waals surface area contributed by atoms with Crippen LogP contribution in [0.1, 0.15) is 13.8 Å². The Labute approximate surface area is 140 Å². The van der Waals surface area contributed by atoms with Crippen LogP contribution in [0.2, 0.25) is 0 Å². The first-order chi connectivity index (χ1) is 11.0. The lowest BCUT2D eigenvalue weighted by molar-refractivity contribution is 0.107. The topological polar surface area (TPSA) is 48.9 Å². The Hall–Kier alpha value is -2.04. The maximum atomic E-state index is 9.93. The molecule has 0 bridgehead atoms. The summed E-state index contributed by atoms with van der Waals surface area (Å²) in [6, 6.07) is 20.4.